The number of hydrogen-bond acceptors (Lipinski definition) is 2. The Kier molecular flexibility index (Phi) is 2.50. The predicted molar refractivity (Wildman–Crippen MR) is 67.4 cm³/mol. The lowest BCUT2D eigenvalue weighted by Gasteiger charge is -2.16. The topological polar surface area (TPSA) is 54.7 Å². The van der Waals surface area contributed by atoms with Gasteiger partial charge in [0.2, 0.25) is 0 Å². The van der Waals surface area contributed by atoms with Crippen molar-refractivity contribution in [3.05, 3.63) is 29.5 Å². The normalized spacial score (nSPS) is 14.3. The highest BCUT2D eigenvalue weighted by Gasteiger charge is 2.19. The van der Waals surface area contributed by atoms with Gasteiger partial charge in [-0.05, 0) is 18.6 Å². The fraction of sp³-hybridized carbons (Fsp3) is 0.462. The monoisotopic (exact) mass is 217 g/mol. The fourth-order valence-electron chi connectivity index (χ4n) is 1.88. The number of nitrogens with one attached hydrogen (secondary N) is 1. The van der Waals surface area contributed by atoms with Gasteiger partial charge < -0.3 is 5.73 Å². The number of hydrogen-bond donors (Lipinski definition) is 2. The zero-order valence-corrected chi connectivity index (χ0v) is 10.3. The highest BCUT2D eigenvalue weighted by atomic mass is 15.1. The first kappa shape index (κ1) is 11.1. The Labute approximate surface area is 96.0 Å². The molecule has 0 amide bonds. The molecule has 0 saturated heterocycles. The van der Waals surface area contributed by atoms with Crippen molar-refractivity contribution < 1.29 is 0 Å². The molecule has 0 aliphatic carbocycles. The van der Waals surface area contributed by atoms with Crippen LogP contribution in [0.5, 0.6) is 0 Å². The molecule has 0 spiro atoms. The number of rotatable bonds is 1. The molecule has 0 saturated carbocycles. The van der Waals surface area contributed by atoms with Crippen LogP contribution >= 0.6 is 0 Å². The number of nitrogens with two attached hydrogens (primary N) is 1. The number of H-pyrrole nitrogens is 1. The number of aromatic amines is 1. The van der Waals surface area contributed by atoms with Crippen LogP contribution in [0, 0.1) is 0 Å². The second-order valence-electron chi connectivity index (χ2n) is 5.41. The third-order valence-corrected chi connectivity index (χ3v) is 2.86. The van der Waals surface area contributed by atoms with Crippen molar-refractivity contribution in [2.24, 2.45) is 5.73 Å². The lowest BCUT2D eigenvalue weighted by Crippen LogP contribution is -2.12. The van der Waals surface area contributed by atoms with E-state index in [-0.39, 0.29) is 11.5 Å². The summed E-state index contributed by atoms with van der Waals surface area (Å²) >= 11 is 0. The molecule has 3 heteroatoms. The second kappa shape index (κ2) is 3.59. The molecular formula is C13H19N3. The summed E-state index contributed by atoms with van der Waals surface area (Å²) in [5, 5.41) is 8.67. The van der Waals surface area contributed by atoms with Gasteiger partial charge in [-0.25, -0.2) is 0 Å². The minimum atomic E-state index is 0.0548. The van der Waals surface area contributed by atoms with E-state index in [1.807, 2.05) is 6.92 Å². The molecule has 1 aromatic carbocycles. The Hall–Kier alpha value is -1.35. The molecule has 0 radical (unpaired) electrons. The molecule has 1 atom stereocenters. The van der Waals surface area contributed by atoms with Crippen molar-refractivity contribution in [3.8, 4) is 0 Å². The van der Waals surface area contributed by atoms with Gasteiger partial charge in [-0.1, -0.05) is 32.9 Å². The van der Waals surface area contributed by atoms with Crippen LogP contribution in [0.1, 0.15) is 45.0 Å². The summed E-state index contributed by atoms with van der Waals surface area (Å²) in [7, 11) is 0. The molecule has 3 N–H and O–H groups in total. The first-order valence-corrected chi connectivity index (χ1v) is 5.63. The van der Waals surface area contributed by atoms with Crippen LogP contribution in [0.4, 0.5) is 0 Å². The van der Waals surface area contributed by atoms with Crippen LogP contribution in [0.2, 0.25) is 0 Å². The lowest BCUT2D eigenvalue weighted by atomic mass is 9.89. The van der Waals surface area contributed by atoms with Crippen LogP contribution in [0.15, 0.2) is 18.2 Å². The highest BCUT2D eigenvalue weighted by Crippen LogP contribution is 2.28. The van der Waals surface area contributed by atoms with E-state index < -0.39 is 0 Å². The van der Waals surface area contributed by atoms with Gasteiger partial charge in [0.25, 0.3) is 0 Å². The van der Waals surface area contributed by atoms with E-state index in [0.29, 0.717) is 0 Å². The second-order valence-corrected chi connectivity index (χ2v) is 5.41. The van der Waals surface area contributed by atoms with Gasteiger partial charge in [0.15, 0.2) is 0 Å². The van der Waals surface area contributed by atoms with Crippen molar-refractivity contribution in [2.45, 2.75) is 39.2 Å². The highest BCUT2D eigenvalue weighted by molar-refractivity contribution is 5.83. The van der Waals surface area contributed by atoms with Gasteiger partial charge in [-0.2, -0.15) is 5.10 Å². The van der Waals surface area contributed by atoms with E-state index in [9.17, 15) is 0 Å². The zero-order chi connectivity index (χ0) is 11.9. The van der Waals surface area contributed by atoms with Gasteiger partial charge in [0, 0.05) is 22.5 Å². The summed E-state index contributed by atoms with van der Waals surface area (Å²) < 4.78 is 0. The molecule has 86 valence electrons. The van der Waals surface area contributed by atoms with Crippen LogP contribution in [0.25, 0.3) is 10.9 Å². The Balaban J connectivity index is 2.59. The maximum absolute atomic E-state index is 5.86. The van der Waals surface area contributed by atoms with E-state index in [1.54, 1.807) is 0 Å². The summed E-state index contributed by atoms with van der Waals surface area (Å²) in [4.78, 5) is 0. The van der Waals surface area contributed by atoms with E-state index >= 15 is 0 Å². The Morgan fingerprint density at radius 2 is 2.00 bits per heavy atom. The van der Waals surface area contributed by atoms with Crippen LogP contribution in [0.3, 0.4) is 0 Å². The summed E-state index contributed by atoms with van der Waals surface area (Å²) in [6.45, 7) is 8.52. The molecule has 1 unspecified atom stereocenters. The zero-order valence-electron chi connectivity index (χ0n) is 10.3. The Bertz CT molecular complexity index is 503. The molecule has 3 nitrogen and oxygen atoms in total. The molecule has 0 bridgehead atoms. The average Bonchev–Trinajstić information content (AvgIpc) is 2.58. The quantitative estimate of drug-likeness (QED) is 0.771. The van der Waals surface area contributed by atoms with Gasteiger partial charge in [0.1, 0.15) is 0 Å². The maximum atomic E-state index is 5.86. The van der Waals surface area contributed by atoms with Crippen molar-refractivity contribution >= 4 is 10.9 Å². The number of aromatic nitrogens is 2. The van der Waals surface area contributed by atoms with Gasteiger partial charge in [-0.3, -0.25) is 5.10 Å². The first-order valence-electron chi connectivity index (χ1n) is 5.63. The Morgan fingerprint density at radius 1 is 1.31 bits per heavy atom. The minimum Gasteiger partial charge on any atom is -0.324 e. The van der Waals surface area contributed by atoms with Crippen molar-refractivity contribution in [2.75, 3.05) is 0 Å². The lowest BCUT2D eigenvalue weighted by molar-refractivity contribution is 0.571. The largest absolute Gasteiger partial charge is 0.324 e. The maximum Gasteiger partial charge on any atom is 0.0927 e. The van der Waals surface area contributed by atoms with Crippen LogP contribution < -0.4 is 5.73 Å². The average molecular weight is 217 g/mol. The van der Waals surface area contributed by atoms with Crippen molar-refractivity contribution in [1.29, 1.82) is 0 Å². The predicted octanol–water partition coefficient (Wildman–Crippen LogP) is 2.88. The van der Waals surface area contributed by atoms with Crippen molar-refractivity contribution in [3.63, 3.8) is 0 Å². The Morgan fingerprint density at radius 3 is 2.56 bits per heavy atom. The molecule has 0 aliphatic heterocycles. The molecule has 2 rings (SSSR count). The molecule has 0 fully saturated rings. The van der Waals surface area contributed by atoms with E-state index in [4.69, 9.17) is 5.73 Å². The molecule has 0 aliphatic rings. The van der Waals surface area contributed by atoms with Crippen molar-refractivity contribution in [1.82, 2.24) is 10.2 Å². The van der Waals surface area contributed by atoms with Gasteiger partial charge in [0.05, 0.1) is 5.52 Å². The SMILES string of the molecule is CC(N)c1ccc2c(C(C)(C)C)[nH]nc2c1. The van der Waals surface area contributed by atoms with E-state index in [1.165, 1.54) is 11.1 Å². The first-order chi connectivity index (χ1) is 7.39. The summed E-state index contributed by atoms with van der Waals surface area (Å²) in [5.74, 6) is 0. The summed E-state index contributed by atoms with van der Waals surface area (Å²) in [6, 6.07) is 6.31. The van der Waals surface area contributed by atoms with E-state index in [2.05, 4.69) is 49.2 Å². The third kappa shape index (κ3) is 1.83. The standard InChI is InChI=1S/C13H19N3/c1-8(14)9-5-6-10-11(7-9)15-16-12(10)13(2,3)4/h5-8H,14H2,1-4H3,(H,15,16). The summed E-state index contributed by atoms with van der Waals surface area (Å²) in [5.41, 5.74) is 9.25. The minimum absolute atomic E-state index is 0.0548. The number of fused-ring (bicyclic) bond motifs is 1. The molecule has 1 heterocycles. The van der Waals surface area contributed by atoms with Crippen LogP contribution in [-0.2, 0) is 5.41 Å². The smallest absolute Gasteiger partial charge is 0.0927 e. The van der Waals surface area contributed by atoms with E-state index in [0.717, 1.165) is 11.1 Å². The van der Waals surface area contributed by atoms with Crippen LogP contribution in [-0.4, -0.2) is 10.2 Å². The molecule has 16 heavy (non-hydrogen) atoms. The fourth-order valence-corrected chi connectivity index (χ4v) is 1.88. The number of nitrogens with zero attached hydrogens (tertiary/aromatic N) is 1. The number of benzene rings is 1. The van der Waals surface area contributed by atoms with Gasteiger partial charge in [-0.15, -0.1) is 0 Å². The van der Waals surface area contributed by atoms with Gasteiger partial charge >= 0.3 is 0 Å². The summed E-state index contributed by atoms with van der Waals surface area (Å²) in [6.07, 6.45) is 0. The molecule has 1 aromatic heterocycles. The third-order valence-electron chi connectivity index (χ3n) is 2.86. The molecule has 2 aromatic rings. The molecular weight excluding hydrogens is 198 g/mol.